The Morgan fingerprint density at radius 3 is 2.81 bits per heavy atom. The molecule has 0 bridgehead atoms. The fourth-order valence-corrected chi connectivity index (χ4v) is 2.74. The van der Waals surface area contributed by atoms with Gasteiger partial charge in [0.25, 0.3) is 0 Å². The summed E-state index contributed by atoms with van der Waals surface area (Å²) in [6.07, 6.45) is 3.06. The summed E-state index contributed by atoms with van der Waals surface area (Å²) in [5.41, 5.74) is 5.33. The molecular formula is C19H22N2. The average molecular weight is 278 g/mol. The minimum Gasteiger partial charge on any atom is -0.361 e. The molecule has 0 fully saturated rings. The van der Waals surface area contributed by atoms with Crippen molar-refractivity contribution in [1.29, 1.82) is 0 Å². The molecule has 1 aromatic heterocycles. The van der Waals surface area contributed by atoms with E-state index >= 15 is 0 Å². The van der Waals surface area contributed by atoms with Crippen LogP contribution in [0.5, 0.6) is 0 Å². The lowest BCUT2D eigenvalue weighted by Crippen LogP contribution is -2.27. The van der Waals surface area contributed by atoms with Crippen LogP contribution < -0.4 is 5.32 Å². The maximum atomic E-state index is 3.62. The van der Waals surface area contributed by atoms with Gasteiger partial charge in [0, 0.05) is 24.3 Å². The maximum Gasteiger partial charge on any atom is 0.0457 e. The topological polar surface area (TPSA) is 27.8 Å². The van der Waals surface area contributed by atoms with Crippen LogP contribution in [0.3, 0.4) is 0 Å². The van der Waals surface area contributed by atoms with Crippen LogP contribution in [0.25, 0.3) is 10.9 Å². The maximum absolute atomic E-state index is 3.62. The molecule has 3 aromatic rings. The molecule has 1 unspecified atom stereocenters. The number of hydrogen-bond acceptors (Lipinski definition) is 1. The lowest BCUT2D eigenvalue weighted by Gasteiger charge is -2.15. The smallest absolute Gasteiger partial charge is 0.0457 e. The molecular weight excluding hydrogens is 256 g/mol. The van der Waals surface area contributed by atoms with E-state index in [2.05, 4.69) is 72.7 Å². The largest absolute Gasteiger partial charge is 0.361 e. The lowest BCUT2D eigenvalue weighted by molar-refractivity contribution is 0.544. The van der Waals surface area contributed by atoms with E-state index in [4.69, 9.17) is 0 Å². The number of hydrogen-bond donors (Lipinski definition) is 2. The fourth-order valence-electron chi connectivity index (χ4n) is 2.74. The van der Waals surface area contributed by atoms with Gasteiger partial charge in [-0.3, -0.25) is 0 Å². The monoisotopic (exact) mass is 278 g/mol. The third-order valence-electron chi connectivity index (χ3n) is 4.06. The molecule has 0 amide bonds. The first-order chi connectivity index (χ1) is 10.2. The van der Waals surface area contributed by atoms with E-state index in [0.29, 0.717) is 6.04 Å². The summed E-state index contributed by atoms with van der Waals surface area (Å²) in [4.78, 5) is 3.27. The van der Waals surface area contributed by atoms with Gasteiger partial charge in [0.1, 0.15) is 0 Å². The van der Waals surface area contributed by atoms with E-state index in [1.165, 1.54) is 27.6 Å². The highest BCUT2D eigenvalue weighted by Crippen LogP contribution is 2.14. The Balaban J connectivity index is 1.60. The zero-order chi connectivity index (χ0) is 14.7. The summed E-state index contributed by atoms with van der Waals surface area (Å²) >= 11 is 0. The first kappa shape index (κ1) is 13.9. The van der Waals surface area contributed by atoms with Crippen LogP contribution in [0.2, 0.25) is 0 Å². The fraction of sp³-hybridized carbons (Fsp3) is 0.263. The molecule has 0 aliphatic rings. The van der Waals surface area contributed by atoms with Crippen molar-refractivity contribution in [3.05, 3.63) is 71.4 Å². The zero-order valence-corrected chi connectivity index (χ0v) is 12.7. The number of nitrogens with one attached hydrogen (secondary N) is 2. The summed E-state index contributed by atoms with van der Waals surface area (Å²) < 4.78 is 0. The second kappa shape index (κ2) is 6.15. The first-order valence-corrected chi connectivity index (χ1v) is 7.56. The van der Waals surface area contributed by atoms with Gasteiger partial charge in [-0.2, -0.15) is 0 Å². The van der Waals surface area contributed by atoms with Crippen LogP contribution in [-0.4, -0.2) is 11.0 Å². The van der Waals surface area contributed by atoms with Crippen molar-refractivity contribution in [3.63, 3.8) is 0 Å². The number of benzene rings is 2. The predicted octanol–water partition coefficient (Wildman–Crippen LogP) is 4.20. The van der Waals surface area contributed by atoms with Gasteiger partial charge >= 0.3 is 0 Å². The number of fused-ring (bicyclic) bond motifs is 1. The van der Waals surface area contributed by atoms with Crippen molar-refractivity contribution < 1.29 is 0 Å². The van der Waals surface area contributed by atoms with Gasteiger partial charge in [-0.15, -0.1) is 0 Å². The highest BCUT2D eigenvalue weighted by molar-refractivity contribution is 5.79. The molecule has 0 saturated heterocycles. The molecule has 0 spiro atoms. The summed E-state index contributed by atoms with van der Waals surface area (Å²) in [5, 5.41) is 4.89. The Bertz CT molecular complexity index is 727. The third kappa shape index (κ3) is 3.34. The molecule has 1 atom stereocenters. The summed E-state index contributed by atoms with van der Waals surface area (Å²) in [7, 11) is 0. The van der Waals surface area contributed by atoms with E-state index in [9.17, 15) is 0 Å². The van der Waals surface area contributed by atoms with E-state index in [0.717, 1.165) is 13.0 Å². The minimum atomic E-state index is 0.463. The van der Waals surface area contributed by atoms with Crippen LogP contribution in [0.15, 0.2) is 54.7 Å². The zero-order valence-electron chi connectivity index (χ0n) is 12.7. The van der Waals surface area contributed by atoms with Crippen molar-refractivity contribution in [1.82, 2.24) is 10.3 Å². The van der Waals surface area contributed by atoms with Gasteiger partial charge < -0.3 is 10.3 Å². The van der Waals surface area contributed by atoms with Crippen LogP contribution in [0.4, 0.5) is 0 Å². The molecule has 21 heavy (non-hydrogen) atoms. The molecule has 2 heteroatoms. The second-order valence-electron chi connectivity index (χ2n) is 5.81. The number of H-pyrrole nitrogens is 1. The van der Waals surface area contributed by atoms with Crippen molar-refractivity contribution in [2.24, 2.45) is 0 Å². The van der Waals surface area contributed by atoms with Crippen molar-refractivity contribution >= 4 is 10.9 Å². The van der Waals surface area contributed by atoms with Crippen molar-refractivity contribution in [2.45, 2.75) is 32.9 Å². The quantitative estimate of drug-likeness (QED) is 0.719. The molecule has 2 nitrogen and oxygen atoms in total. The highest BCUT2D eigenvalue weighted by atomic mass is 14.9. The van der Waals surface area contributed by atoms with Gasteiger partial charge in [-0.25, -0.2) is 0 Å². The second-order valence-corrected chi connectivity index (χ2v) is 5.81. The number of aromatic nitrogens is 1. The number of rotatable bonds is 5. The van der Waals surface area contributed by atoms with Crippen LogP contribution in [0, 0.1) is 6.92 Å². The number of aryl methyl sites for hydroxylation is 1. The van der Waals surface area contributed by atoms with Crippen LogP contribution >= 0.6 is 0 Å². The van der Waals surface area contributed by atoms with Crippen molar-refractivity contribution in [3.8, 4) is 0 Å². The van der Waals surface area contributed by atoms with E-state index in [-0.39, 0.29) is 0 Å². The normalized spacial score (nSPS) is 12.7. The third-order valence-corrected chi connectivity index (χ3v) is 4.06. The Labute approximate surface area is 126 Å². The Kier molecular flexibility index (Phi) is 4.07. The number of aromatic amines is 1. The van der Waals surface area contributed by atoms with Crippen molar-refractivity contribution in [2.75, 3.05) is 0 Å². The molecule has 0 aliphatic heterocycles. The molecule has 1 heterocycles. The van der Waals surface area contributed by atoms with E-state index < -0.39 is 0 Å². The lowest BCUT2D eigenvalue weighted by atomic mass is 10.0. The molecule has 0 saturated carbocycles. The standard InChI is InChI=1S/C19H22N2/c1-14-5-3-4-6-18(14)11-15(2)21-13-16-7-8-17-9-10-20-19(17)12-16/h3-10,12,15,20-21H,11,13H2,1-2H3. The van der Waals surface area contributed by atoms with Gasteiger partial charge in [-0.05, 0) is 54.5 Å². The van der Waals surface area contributed by atoms with Crippen LogP contribution in [-0.2, 0) is 13.0 Å². The van der Waals surface area contributed by atoms with E-state index in [1.54, 1.807) is 0 Å². The molecule has 108 valence electrons. The van der Waals surface area contributed by atoms with Gasteiger partial charge in [-0.1, -0.05) is 36.4 Å². The van der Waals surface area contributed by atoms with E-state index in [1.807, 2.05) is 6.20 Å². The van der Waals surface area contributed by atoms with Gasteiger partial charge in [0.15, 0.2) is 0 Å². The van der Waals surface area contributed by atoms with Gasteiger partial charge in [0.2, 0.25) is 0 Å². The molecule has 2 N–H and O–H groups in total. The molecule has 2 aromatic carbocycles. The Hall–Kier alpha value is -2.06. The minimum absolute atomic E-state index is 0.463. The average Bonchev–Trinajstić information content (AvgIpc) is 2.95. The summed E-state index contributed by atoms with van der Waals surface area (Å²) in [6.45, 7) is 5.34. The predicted molar refractivity (Wildman–Crippen MR) is 89.5 cm³/mol. The SMILES string of the molecule is Cc1ccccc1CC(C)NCc1ccc2cc[nH]c2c1. The highest BCUT2D eigenvalue weighted by Gasteiger charge is 2.05. The molecule has 0 radical (unpaired) electrons. The molecule has 3 rings (SSSR count). The summed E-state index contributed by atoms with van der Waals surface area (Å²) in [6, 6.07) is 17.8. The Morgan fingerprint density at radius 2 is 1.95 bits per heavy atom. The first-order valence-electron chi connectivity index (χ1n) is 7.56. The Morgan fingerprint density at radius 1 is 1.10 bits per heavy atom. The molecule has 0 aliphatic carbocycles. The van der Waals surface area contributed by atoms with Crippen LogP contribution in [0.1, 0.15) is 23.6 Å². The summed E-state index contributed by atoms with van der Waals surface area (Å²) in [5.74, 6) is 0. The van der Waals surface area contributed by atoms with Gasteiger partial charge in [0.05, 0.1) is 0 Å².